The molecule has 0 N–H and O–H groups in total. The molecule has 0 radical (unpaired) electrons. The highest BCUT2D eigenvalue weighted by Gasteiger charge is 2.54. The predicted molar refractivity (Wildman–Crippen MR) is 148 cm³/mol. The van der Waals surface area contributed by atoms with Gasteiger partial charge < -0.3 is 14.7 Å². The van der Waals surface area contributed by atoms with Crippen molar-refractivity contribution in [1.82, 2.24) is 24.7 Å². The maximum absolute atomic E-state index is 14.1. The van der Waals surface area contributed by atoms with Gasteiger partial charge >= 0.3 is 0 Å². The molecule has 2 bridgehead atoms. The van der Waals surface area contributed by atoms with E-state index in [0.29, 0.717) is 30.6 Å². The fourth-order valence-corrected chi connectivity index (χ4v) is 6.88. The summed E-state index contributed by atoms with van der Waals surface area (Å²) < 4.78 is 0. The van der Waals surface area contributed by atoms with Gasteiger partial charge in [0.05, 0.1) is 12.2 Å². The number of nitrogens with zero attached hydrogens (tertiary/aromatic N) is 5. The molecule has 1 aromatic rings. The first-order valence-electron chi connectivity index (χ1n) is 14.6. The Labute approximate surface area is 232 Å². The highest BCUT2D eigenvalue weighted by molar-refractivity contribution is 5.95. The number of carbonyl (C=O) groups is 3. The van der Waals surface area contributed by atoms with E-state index < -0.39 is 18.3 Å². The second-order valence-electron chi connectivity index (χ2n) is 12.5. The summed E-state index contributed by atoms with van der Waals surface area (Å²) in [5, 5.41) is 1.37. The van der Waals surface area contributed by atoms with Gasteiger partial charge in [-0.05, 0) is 75.6 Å². The zero-order valence-electron chi connectivity index (χ0n) is 23.9. The number of piperidine rings is 1. The molecule has 1 aromatic heterocycles. The minimum Gasteiger partial charge on any atom is -0.334 e. The largest absolute Gasteiger partial charge is 0.334 e. The van der Waals surface area contributed by atoms with Crippen molar-refractivity contribution < 1.29 is 19.2 Å². The molecule has 4 aliphatic rings. The first-order valence-corrected chi connectivity index (χ1v) is 14.6. The van der Waals surface area contributed by atoms with Crippen molar-refractivity contribution in [2.45, 2.75) is 103 Å². The van der Waals surface area contributed by atoms with Crippen LogP contribution in [0.15, 0.2) is 30.5 Å². The minimum atomic E-state index is -0.804. The quantitative estimate of drug-likeness (QED) is 0.496. The first kappa shape index (κ1) is 27.8. The number of piperazine rings is 1. The molecule has 4 aliphatic heterocycles. The maximum atomic E-state index is 14.1. The molecule has 5 rings (SSSR count). The van der Waals surface area contributed by atoms with E-state index in [-0.39, 0.29) is 42.1 Å². The van der Waals surface area contributed by atoms with E-state index in [1.807, 2.05) is 36.9 Å². The lowest BCUT2D eigenvalue weighted by Crippen LogP contribution is -2.74. The topological polar surface area (TPSA) is 86.3 Å². The van der Waals surface area contributed by atoms with Crippen LogP contribution in [0.4, 0.5) is 0 Å². The number of aromatic nitrogens is 1. The van der Waals surface area contributed by atoms with Gasteiger partial charge in [-0.25, -0.2) is 0 Å². The van der Waals surface area contributed by atoms with Gasteiger partial charge in [-0.2, -0.15) is 5.06 Å². The van der Waals surface area contributed by atoms with Crippen molar-refractivity contribution in [3.8, 4) is 0 Å². The fourth-order valence-electron chi connectivity index (χ4n) is 6.88. The lowest BCUT2D eigenvalue weighted by Gasteiger charge is -2.55. The Hall–Kier alpha value is -2.78. The molecule has 5 atom stereocenters. The first-order chi connectivity index (χ1) is 18.6. The van der Waals surface area contributed by atoms with Crippen molar-refractivity contribution in [2.24, 2.45) is 11.8 Å². The van der Waals surface area contributed by atoms with Crippen molar-refractivity contribution in [2.75, 3.05) is 13.6 Å². The molecular weight excluding hydrogens is 494 g/mol. The molecule has 212 valence electrons. The molecule has 2 unspecified atom stereocenters. The molecule has 0 saturated carbocycles. The lowest BCUT2D eigenvalue weighted by atomic mass is 9.91. The molecule has 4 fully saturated rings. The van der Waals surface area contributed by atoms with Gasteiger partial charge in [0.15, 0.2) is 12.3 Å². The second-order valence-corrected chi connectivity index (χ2v) is 12.5. The number of hydrogen-bond acceptors (Lipinski definition) is 6. The Morgan fingerprint density at radius 2 is 1.72 bits per heavy atom. The number of amides is 3. The SMILES string of the molecule is CC(C)C[C@H]1ON(C(=O)/C=C/c2ccccn2)[C@H]2CN(C3CC4CCC(C3)N4C)C(=O)[C@H](CC(C)C)N2C1=O. The standard InChI is InChI=1S/C30H43N5O4/c1-19(2)14-25-29(37)33(24-16-22-10-11-23(17-24)32(22)5)18-27-34(25)30(38)26(15-20(3)4)39-35(27)28(36)12-9-21-8-6-7-13-31-21/h6-9,12-13,19-20,22-27H,10-11,14-18H2,1-5H3/b12-9+/t22?,23?,24?,25-,26+,27-/m0/s1. The second kappa shape index (κ2) is 11.4. The number of hydrogen-bond donors (Lipinski definition) is 0. The van der Waals surface area contributed by atoms with E-state index in [1.165, 1.54) is 11.1 Å². The lowest BCUT2D eigenvalue weighted by molar-refractivity contribution is -0.275. The Morgan fingerprint density at radius 1 is 1.03 bits per heavy atom. The molecule has 4 saturated heterocycles. The van der Waals surface area contributed by atoms with Crippen LogP contribution in [0.2, 0.25) is 0 Å². The van der Waals surface area contributed by atoms with E-state index in [2.05, 4.69) is 30.8 Å². The smallest absolute Gasteiger partial charge is 0.272 e. The zero-order chi connectivity index (χ0) is 27.8. The van der Waals surface area contributed by atoms with Crippen molar-refractivity contribution in [1.29, 1.82) is 0 Å². The molecule has 9 nitrogen and oxygen atoms in total. The number of hydroxylamine groups is 2. The third-order valence-electron chi connectivity index (χ3n) is 8.82. The van der Waals surface area contributed by atoms with Crippen LogP contribution in [0.1, 0.15) is 71.9 Å². The summed E-state index contributed by atoms with van der Waals surface area (Å²) in [6.45, 7) is 8.47. The molecule has 5 heterocycles. The third kappa shape index (κ3) is 5.61. The van der Waals surface area contributed by atoms with E-state index in [0.717, 1.165) is 25.7 Å². The molecule has 0 aromatic carbocycles. The average Bonchev–Trinajstić information content (AvgIpc) is 3.09. The third-order valence-corrected chi connectivity index (χ3v) is 8.82. The number of rotatable bonds is 7. The highest BCUT2D eigenvalue weighted by Crippen LogP contribution is 2.39. The summed E-state index contributed by atoms with van der Waals surface area (Å²) in [5.74, 6) is -0.122. The van der Waals surface area contributed by atoms with Gasteiger partial charge in [0.25, 0.3) is 11.8 Å². The molecule has 0 aliphatic carbocycles. The predicted octanol–water partition coefficient (Wildman–Crippen LogP) is 3.32. The minimum absolute atomic E-state index is 0.0175. The Kier molecular flexibility index (Phi) is 8.10. The summed E-state index contributed by atoms with van der Waals surface area (Å²) in [4.78, 5) is 58.3. The summed E-state index contributed by atoms with van der Waals surface area (Å²) in [6, 6.07) is 5.96. The summed E-state index contributed by atoms with van der Waals surface area (Å²) in [5.41, 5.74) is 0.662. The summed E-state index contributed by atoms with van der Waals surface area (Å²) >= 11 is 0. The zero-order valence-corrected chi connectivity index (χ0v) is 23.9. The van der Waals surface area contributed by atoms with Crippen LogP contribution in [0.3, 0.4) is 0 Å². The number of fused-ring (bicyclic) bond motifs is 3. The van der Waals surface area contributed by atoms with Crippen molar-refractivity contribution in [3.63, 3.8) is 0 Å². The van der Waals surface area contributed by atoms with Gasteiger partial charge in [-0.3, -0.25) is 24.2 Å². The van der Waals surface area contributed by atoms with E-state index >= 15 is 0 Å². The maximum Gasteiger partial charge on any atom is 0.272 e. The van der Waals surface area contributed by atoms with Gasteiger partial charge in [0.2, 0.25) is 5.91 Å². The van der Waals surface area contributed by atoms with Gasteiger partial charge in [-0.1, -0.05) is 33.8 Å². The van der Waals surface area contributed by atoms with Gasteiger partial charge in [-0.15, -0.1) is 0 Å². The Morgan fingerprint density at radius 3 is 2.33 bits per heavy atom. The van der Waals surface area contributed by atoms with E-state index in [4.69, 9.17) is 4.84 Å². The summed E-state index contributed by atoms with van der Waals surface area (Å²) in [7, 11) is 2.19. The van der Waals surface area contributed by atoms with E-state index in [1.54, 1.807) is 17.2 Å². The van der Waals surface area contributed by atoms with Crippen LogP contribution in [0, 0.1) is 11.8 Å². The number of carbonyl (C=O) groups excluding carboxylic acids is 3. The van der Waals surface area contributed by atoms with Crippen LogP contribution >= 0.6 is 0 Å². The highest BCUT2D eigenvalue weighted by atomic mass is 16.7. The fraction of sp³-hybridized carbons (Fsp3) is 0.667. The van der Waals surface area contributed by atoms with Gasteiger partial charge in [0.1, 0.15) is 6.04 Å². The van der Waals surface area contributed by atoms with Crippen LogP contribution in [-0.2, 0) is 19.2 Å². The number of pyridine rings is 1. The normalized spacial score (nSPS) is 31.6. The van der Waals surface area contributed by atoms with Crippen LogP contribution in [0.25, 0.3) is 6.08 Å². The molecule has 0 spiro atoms. The molecule has 3 amide bonds. The Bertz CT molecular complexity index is 1080. The molecule has 39 heavy (non-hydrogen) atoms. The average molecular weight is 538 g/mol. The van der Waals surface area contributed by atoms with E-state index in [9.17, 15) is 14.4 Å². The molecule has 9 heteroatoms. The van der Waals surface area contributed by atoms with Crippen LogP contribution in [-0.4, -0.2) is 92.5 Å². The summed E-state index contributed by atoms with van der Waals surface area (Å²) in [6.07, 6.45) is 8.53. The van der Waals surface area contributed by atoms with Crippen molar-refractivity contribution in [3.05, 3.63) is 36.2 Å². The molecular formula is C30H43N5O4. The van der Waals surface area contributed by atoms with Crippen LogP contribution < -0.4 is 0 Å². The van der Waals surface area contributed by atoms with Gasteiger partial charge in [0, 0.05) is 30.4 Å². The van der Waals surface area contributed by atoms with Crippen molar-refractivity contribution >= 4 is 23.8 Å². The van der Waals surface area contributed by atoms with Crippen LogP contribution in [0.5, 0.6) is 0 Å². The monoisotopic (exact) mass is 537 g/mol. The Balaban J connectivity index is 1.48.